The van der Waals surface area contributed by atoms with Crippen molar-refractivity contribution in [3.63, 3.8) is 0 Å². The van der Waals surface area contributed by atoms with Crippen LogP contribution in [-0.2, 0) is 4.79 Å². The van der Waals surface area contributed by atoms with E-state index in [2.05, 4.69) is 5.32 Å². The summed E-state index contributed by atoms with van der Waals surface area (Å²) in [6.07, 6.45) is 0. The molecule has 7 heteroatoms. The fraction of sp³-hybridized carbons (Fsp3) is 0.440. The minimum atomic E-state index is -0.395. The number of amides is 2. The molecule has 172 valence electrons. The Hall–Kier alpha value is -3.22. The van der Waals surface area contributed by atoms with E-state index in [1.165, 1.54) is 0 Å². The van der Waals surface area contributed by atoms with E-state index in [9.17, 15) is 9.59 Å². The molecule has 7 nitrogen and oxygen atoms in total. The summed E-state index contributed by atoms with van der Waals surface area (Å²) in [6.45, 7) is 6.53. The number of carbonyl (C=O) groups excluding carboxylic acids is 2. The molecular weight excluding hydrogens is 408 g/mol. The largest absolute Gasteiger partial charge is 0.493 e. The van der Waals surface area contributed by atoms with Crippen molar-refractivity contribution in [2.75, 3.05) is 34.4 Å². The van der Waals surface area contributed by atoms with Crippen LogP contribution in [0.15, 0.2) is 36.4 Å². The van der Waals surface area contributed by atoms with E-state index in [1.807, 2.05) is 57.2 Å². The number of nitrogens with one attached hydrogen (secondary N) is 1. The van der Waals surface area contributed by atoms with E-state index in [0.717, 1.165) is 11.1 Å². The lowest BCUT2D eigenvalue weighted by atomic mass is 9.87. The molecule has 1 saturated heterocycles. The molecule has 0 aromatic heterocycles. The van der Waals surface area contributed by atoms with Crippen molar-refractivity contribution in [3.8, 4) is 17.2 Å². The molecular formula is C25H32N2O5. The number of ether oxygens (including phenoxy) is 3. The fourth-order valence-electron chi connectivity index (χ4n) is 4.26. The van der Waals surface area contributed by atoms with Gasteiger partial charge in [-0.2, -0.15) is 0 Å². The van der Waals surface area contributed by atoms with Crippen molar-refractivity contribution in [1.29, 1.82) is 0 Å². The first-order valence-electron chi connectivity index (χ1n) is 10.8. The molecule has 0 aliphatic carbocycles. The van der Waals surface area contributed by atoms with Gasteiger partial charge in [-0.25, -0.2) is 0 Å². The first-order chi connectivity index (χ1) is 15.3. The molecule has 1 aliphatic heterocycles. The van der Waals surface area contributed by atoms with E-state index in [0.29, 0.717) is 35.9 Å². The van der Waals surface area contributed by atoms with Gasteiger partial charge in [-0.1, -0.05) is 18.2 Å². The maximum atomic E-state index is 13.3. The van der Waals surface area contributed by atoms with Gasteiger partial charge in [-0.3, -0.25) is 9.59 Å². The quantitative estimate of drug-likeness (QED) is 0.714. The maximum Gasteiger partial charge on any atom is 0.254 e. The van der Waals surface area contributed by atoms with E-state index in [1.54, 1.807) is 26.2 Å². The molecule has 2 atom stereocenters. The summed E-state index contributed by atoms with van der Waals surface area (Å²) in [4.78, 5) is 28.2. The molecule has 3 rings (SSSR count). The number of methoxy groups -OCH3 is 3. The Kier molecular flexibility index (Phi) is 7.28. The van der Waals surface area contributed by atoms with Gasteiger partial charge in [0.15, 0.2) is 11.5 Å². The third-order valence-corrected chi connectivity index (χ3v) is 5.87. The number of nitrogens with zero attached hydrogens (tertiary/aromatic N) is 1. The van der Waals surface area contributed by atoms with Crippen LogP contribution in [0.3, 0.4) is 0 Å². The first-order valence-corrected chi connectivity index (χ1v) is 10.8. The fourth-order valence-corrected chi connectivity index (χ4v) is 4.26. The molecule has 1 aliphatic rings. The maximum absolute atomic E-state index is 13.3. The van der Waals surface area contributed by atoms with Crippen LogP contribution in [0.25, 0.3) is 0 Å². The summed E-state index contributed by atoms with van der Waals surface area (Å²) in [5, 5.41) is 3.01. The zero-order chi connectivity index (χ0) is 23.4. The van der Waals surface area contributed by atoms with Gasteiger partial charge in [-0.05, 0) is 50.1 Å². The summed E-state index contributed by atoms with van der Waals surface area (Å²) in [6, 6.07) is 11.2. The number of rotatable bonds is 7. The molecule has 0 radical (unpaired) electrons. The number of hydrogen-bond acceptors (Lipinski definition) is 5. The first kappa shape index (κ1) is 23.4. The summed E-state index contributed by atoms with van der Waals surface area (Å²) in [5.74, 6) is 0.790. The minimum Gasteiger partial charge on any atom is -0.493 e. The van der Waals surface area contributed by atoms with Gasteiger partial charge in [0.25, 0.3) is 5.91 Å². The number of benzene rings is 2. The average Bonchev–Trinajstić information content (AvgIpc) is 3.23. The Bertz CT molecular complexity index is 963. The van der Waals surface area contributed by atoms with Crippen molar-refractivity contribution in [1.82, 2.24) is 10.2 Å². The van der Waals surface area contributed by atoms with E-state index >= 15 is 0 Å². The second-order valence-corrected chi connectivity index (χ2v) is 8.36. The SMILES string of the molecule is COc1cc([C@@H]2CN(C(=O)c3ccccc3C)C[C@@H]2C(=O)NC(C)C)cc(OC)c1OC. The third kappa shape index (κ3) is 4.66. The second kappa shape index (κ2) is 9.94. The Labute approximate surface area is 189 Å². The Morgan fingerprint density at radius 2 is 1.62 bits per heavy atom. The number of aryl methyl sites for hydroxylation is 1. The topological polar surface area (TPSA) is 77.1 Å². The zero-order valence-corrected chi connectivity index (χ0v) is 19.6. The van der Waals surface area contributed by atoms with Crippen LogP contribution in [0.4, 0.5) is 0 Å². The molecule has 1 N–H and O–H groups in total. The van der Waals surface area contributed by atoms with Gasteiger partial charge in [0.05, 0.1) is 27.2 Å². The molecule has 2 aromatic carbocycles. The van der Waals surface area contributed by atoms with Crippen LogP contribution in [0.2, 0.25) is 0 Å². The molecule has 0 bridgehead atoms. The lowest BCUT2D eigenvalue weighted by Gasteiger charge is -2.21. The van der Waals surface area contributed by atoms with Crippen molar-refractivity contribution >= 4 is 11.8 Å². The van der Waals surface area contributed by atoms with E-state index < -0.39 is 5.92 Å². The van der Waals surface area contributed by atoms with Gasteiger partial charge >= 0.3 is 0 Å². The van der Waals surface area contributed by atoms with Crippen molar-refractivity contribution in [2.45, 2.75) is 32.7 Å². The molecule has 0 saturated carbocycles. The molecule has 2 amide bonds. The second-order valence-electron chi connectivity index (χ2n) is 8.36. The molecule has 1 fully saturated rings. The Morgan fingerprint density at radius 3 is 2.16 bits per heavy atom. The standard InChI is InChI=1S/C25H32N2O5/c1-15(2)26-24(28)20-14-27(25(29)18-10-8-7-9-16(18)3)13-19(20)17-11-21(30-4)23(32-6)22(12-17)31-5/h7-12,15,19-20H,13-14H2,1-6H3,(H,26,28)/t19-,20-/m0/s1. The highest BCUT2D eigenvalue weighted by Gasteiger charge is 2.41. The average molecular weight is 441 g/mol. The minimum absolute atomic E-state index is 0.00390. The monoisotopic (exact) mass is 440 g/mol. The van der Waals surface area contributed by atoms with Crippen molar-refractivity contribution in [3.05, 3.63) is 53.1 Å². The van der Waals surface area contributed by atoms with Crippen LogP contribution in [0, 0.1) is 12.8 Å². The summed E-state index contributed by atoms with van der Waals surface area (Å²) in [7, 11) is 4.68. The third-order valence-electron chi connectivity index (χ3n) is 5.87. The highest BCUT2D eigenvalue weighted by Crippen LogP contribution is 2.43. The van der Waals surface area contributed by atoms with Crippen molar-refractivity contribution < 1.29 is 23.8 Å². The van der Waals surface area contributed by atoms with Gasteiger partial charge in [0.2, 0.25) is 11.7 Å². The van der Waals surface area contributed by atoms with Crippen LogP contribution in [0.1, 0.15) is 41.3 Å². The van der Waals surface area contributed by atoms with Gasteiger partial charge in [0.1, 0.15) is 0 Å². The lowest BCUT2D eigenvalue weighted by Crippen LogP contribution is -2.39. The van der Waals surface area contributed by atoms with E-state index in [4.69, 9.17) is 14.2 Å². The summed E-state index contributed by atoms with van der Waals surface area (Å²) >= 11 is 0. The lowest BCUT2D eigenvalue weighted by molar-refractivity contribution is -0.125. The predicted octanol–water partition coefficient (Wildman–Crippen LogP) is 3.40. The molecule has 32 heavy (non-hydrogen) atoms. The van der Waals surface area contributed by atoms with Gasteiger partial charge < -0.3 is 24.4 Å². The van der Waals surface area contributed by atoms with Crippen LogP contribution in [-0.4, -0.2) is 57.2 Å². The molecule has 1 heterocycles. The smallest absolute Gasteiger partial charge is 0.254 e. The van der Waals surface area contributed by atoms with E-state index in [-0.39, 0.29) is 23.8 Å². The van der Waals surface area contributed by atoms with Crippen LogP contribution >= 0.6 is 0 Å². The number of hydrogen-bond donors (Lipinski definition) is 1. The zero-order valence-electron chi connectivity index (χ0n) is 19.6. The normalized spacial score (nSPS) is 17.9. The molecule has 2 aromatic rings. The highest BCUT2D eigenvalue weighted by atomic mass is 16.5. The van der Waals surface area contributed by atoms with Gasteiger partial charge in [-0.15, -0.1) is 0 Å². The predicted molar refractivity (Wildman–Crippen MR) is 123 cm³/mol. The highest BCUT2D eigenvalue weighted by molar-refractivity contribution is 5.96. The Balaban J connectivity index is 2.01. The summed E-state index contributed by atoms with van der Waals surface area (Å²) in [5.41, 5.74) is 2.43. The Morgan fingerprint density at radius 1 is 1.00 bits per heavy atom. The summed E-state index contributed by atoms with van der Waals surface area (Å²) < 4.78 is 16.5. The molecule has 0 unspecified atom stereocenters. The van der Waals surface area contributed by atoms with Crippen LogP contribution < -0.4 is 19.5 Å². The molecule has 0 spiro atoms. The van der Waals surface area contributed by atoms with Crippen molar-refractivity contribution in [2.24, 2.45) is 5.92 Å². The van der Waals surface area contributed by atoms with Gasteiger partial charge in [0, 0.05) is 30.6 Å². The number of likely N-dealkylation sites (tertiary alicyclic amines) is 1. The van der Waals surface area contributed by atoms with Crippen LogP contribution in [0.5, 0.6) is 17.2 Å². The number of carbonyl (C=O) groups is 2.